The number of halogens is 1. The molecule has 174 valence electrons. The van der Waals surface area contributed by atoms with E-state index in [2.05, 4.69) is 15.0 Å². The molecule has 0 spiro atoms. The van der Waals surface area contributed by atoms with Gasteiger partial charge in [-0.2, -0.15) is 0 Å². The van der Waals surface area contributed by atoms with Crippen LogP contribution in [-0.4, -0.2) is 40.2 Å². The summed E-state index contributed by atoms with van der Waals surface area (Å²) < 4.78 is 48.8. The van der Waals surface area contributed by atoms with Crippen molar-refractivity contribution in [3.8, 4) is 0 Å². The Bertz CT molecular complexity index is 1190. The molecule has 2 aromatic rings. The van der Waals surface area contributed by atoms with Crippen LogP contribution in [0, 0.1) is 5.92 Å². The van der Waals surface area contributed by atoms with E-state index in [1.54, 1.807) is 12.1 Å². The summed E-state index contributed by atoms with van der Waals surface area (Å²) in [4.78, 5) is 17.3. The Morgan fingerprint density at radius 1 is 1.12 bits per heavy atom. The molecule has 1 aliphatic rings. The summed E-state index contributed by atoms with van der Waals surface area (Å²) in [5.41, 5.74) is 0.929. The quantitative estimate of drug-likeness (QED) is 0.569. The first-order chi connectivity index (χ1) is 14.9. The molecule has 1 heterocycles. The molecule has 1 fully saturated rings. The van der Waals surface area contributed by atoms with Crippen molar-refractivity contribution < 1.29 is 21.6 Å². The van der Waals surface area contributed by atoms with Crippen molar-refractivity contribution in [2.24, 2.45) is 5.92 Å². The minimum absolute atomic E-state index is 0.0265. The molecule has 2 N–H and O–H groups in total. The second-order valence-electron chi connectivity index (χ2n) is 8.20. The van der Waals surface area contributed by atoms with Crippen LogP contribution < -0.4 is 10.0 Å². The Kier molecular flexibility index (Phi) is 7.46. The highest BCUT2D eigenvalue weighted by molar-refractivity contribution is 7.92. The maximum absolute atomic E-state index is 13.2. The third-order valence-electron chi connectivity index (χ3n) is 5.44. The molecule has 11 heteroatoms. The van der Waals surface area contributed by atoms with Crippen molar-refractivity contribution >= 4 is 48.9 Å². The fourth-order valence-electron chi connectivity index (χ4n) is 3.96. The Hall–Kier alpha value is -2.17. The number of rotatable bonds is 8. The highest BCUT2D eigenvalue weighted by Gasteiger charge is 2.28. The van der Waals surface area contributed by atoms with E-state index < -0.39 is 25.8 Å². The van der Waals surface area contributed by atoms with Gasteiger partial charge in [0.1, 0.15) is 5.82 Å². The molecule has 0 radical (unpaired) electrons. The van der Waals surface area contributed by atoms with Gasteiger partial charge in [0.15, 0.2) is 9.84 Å². The zero-order valence-electron chi connectivity index (χ0n) is 17.8. The SMILES string of the molecule is CS(=O)(=O)Nc1ccc(NC(=O)[C@H](CC2CCCC2)c2ccc(S(C)(=O)=O)c(Cl)c2)nc1. The summed E-state index contributed by atoms with van der Waals surface area (Å²) in [6, 6.07) is 7.63. The largest absolute Gasteiger partial charge is 0.310 e. The molecule has 1 amide bonds. The van der Waals surface area contributed by atoms with E-state index in [0.29, 0.717) is 17.9 Å². The third-order valence-corrected chi connectivity index (χ3v) is 7.62. The van der Waals surface area contributed by atoms with E-state index in [4.69, 9.17) is 11.6 Å². The van der Waals surface area contributed by atoms with E-state index in [1.807, 2.05) is 0 Å². The second kappa shape index (κ2) is 9.76. The Balaban J connectivity index is 1.83. The first-order valence-corrected chi connectivity index (χ1v) is 14.3. The summed E-state index contributed by atoms with van der Waals surface area (Å²) in [6.45, 7) is 0. The second-order valence-corrected chi connectivity index (χ2v) is 12.3. The summed E-state index contributed by atoms with van der Waals surface area (Å²) in [5, 5.41) is 2.87. The van der Waals surface area contributed by atoms with Gasteiger partial charge in [-0.05, 0) is 42.2 Å². The predicted molar refractivity (Wildman–Crippen MR) is 125 cm³/mol. The third kappa shape index (κ3) is 6.66. The number of carbonyl (C=O) groups is 1. The summed E-state index contributed by atoms with van der Waals surface area (Å²) in [7, 11) is -6.90. The minimum Gasteiger partial charge on any atom is -0.310 e. The lowest BCUT2D eigenvalue weighted by atomic mass is 9.87. The lowest BCUT2D eigenvalue weighted by Crippen LogP contribution is -2.24. The van der Waals surface area contributed by atoms with Gasteiger partial charge < -0.3 is 5.32 Å². The number of anilines is 2. The monoisotopic (exact) mass is 499 g/mol. The molecule has 0 unspecified atom stereocenters. The topological polar surface area (TPSA) is 122 Å². The van der Waals surface area contributed by atoms with Crippen molar-refractivity contribution in [2.45, 2.75) is 42.9 Å². The molecule has 1 atom stereocenters. The van der Waals surface area contributed by atoms with Crippen LogP contribution in [0.1, 0.15) is 43.6 Å². The van der Waals surface area contributed by atoms with Crippen LogP contribution in [0.4, 0.5) is 11.5 Å². The Morgan fingerprint density at radius 3 is 2.34 bits per heavy atom. The average molecular weight is 500 g/mol. The van der Waals surface area contributed by atoms with Crippen LogP contribution in [0.5, 0.6) is 0 Å². The van der Waals surface area contributed by atoms with Gasteiger partial charge in [-0.25, -0.2) is 21.8 Å². The number of hydrogen-bond donors (Lipinski definition) is 2. The number of sulfone groups is 1. The lowest BCUT2D eigenvalue weighted by Gasteiger charge is -2.21. The smallest absolute Gasteiger partial charge is 0.233 e. The van der Waals surface area contributed by atoms with Crippen molar-refractivity contribution in [3.05, 3.63) is 47.1 Å². The molecule has 1 saturated carbocycles. The van der Waals surface area contributed by atoms with Gasteiger partial charge in [0, 0.05) is 6.26 Å². The van der Waals surface area contributed by atoms with E-state index in [9.17, 15) is 21.6 Å². The molecular weight excluding hydrogens is 474 g/mol. The van der Waals surface area contributed by atoms with Gasteiger partial charge in [0.05, 0.1) is 34.0 Å². The van der Waals surface area contributed by atoms with Crippen LogP contribution in [-0.2, 0) is 24.7 Å². The molecule has 0 saturated heterocycles. The van der Waals surface area contributed by atoms with Gasteiger partial charge in [-0.15, -0.1) is 0 Å². The standard InChI is InChI=1S/C21H26ClN3O5S2/c1-31(27,28)19-9-7-15(12-18(19)22)17(11-14-5-3-4-6-14)21(26)24-20-10-8-16(13-23-20)25-32(2,29)30/h7-10,12-14,17,25H,3-6,11H2,1-2H3,(H,23,24,26)/t17-/m1/s1. The van der Waals surface area contributed by atoms with E-state index in [1.165, 1.54) is 24.4 Å². The fourth-order valence-corrected chi connectivity index (χ4v) is 5.85. The molecule has 0 bridgehead atoms. The molecule has 0 aliphatic heterocycles. The van der Waals surface area contributed by atoms with Crippen LogP contribution in [0.3, 0.4) is 0 Å². The first-order valence-electron chi connectivity index (χ1n) is 10.2. The van der Waals surface area contributed by atoms with Crippen LogP contribution in [0.2, 0.25) is 5.02 Å². The molecule has 8 nitrogen and oxygen atoms in total. The number of aromatic nitrogens is 1. The van der Waals surface area contributed by atoms with Crippen molar-refractivity contribution in [3.63, 3.8) is 0 Å². The van der Waals surface area contributed by atoms with Crippen LogP contribution in [0.25, 0.3) is 0 Å². The van der Waals surface area contributed by atoms with E-state index in [-0.39, 0.29) is 27.3 Å². The molecule has 1 aromatic carbocycles. The summed E-state index contributed by atoms with van der Waals surface area (Å²) in [6.07, 6.45) is 8.41. The fraction of sp³-hybridized carbons (Fsp3) is 0.429. The van der Waals surface area contributed by atoms with Gasteiger partial charge >= 0.3 is 0 Å². The normalized spacial score (nSPS) is 16.0. The minimum atomic E-state index is -3.48. The molecule has 1 aliphatic carbocycles. The van der Waals surface area contributed by atoms with Crippen molar-refractivity contribution in [1.29, 1.82) is 0 Å². The Labute approximate surface area is 193 Å². The number of pyridine rings is 1. The van der Waals surface area contributed by atoms with E-state index >= 15 is 0 Å². The predicted octanol–water partition coefficient (Wildman–Crippen LogP) is 3.81. The van der Waals surface area contributed by atoms with Crippen molar-refractivity contribution in [1.82, 2.24) is 4.98 Å². The Morgan fingerprint density at radius 2 is 1.81 bits per heavy atom. The lowest BCUT2D eigenvalue weighted by molar-refractivity contribution is -0.118. The zero-order valence-corrected chi connectivity index (χ0v) is 20.2. The molecule has 32 heavy (non-hydrogen) atoms. The number of carbonyl (C=O) groups excluding carboxylic acids is 1. The first kappa shape index (κ1) is 24.5. The number of benzene rings is 1. The summed E-state index contributed by atoms with van der Waals surface area (Å²) >= 11 is 6.23. The zero-order chi connectivity index (χ0) is 23.5. The average Bonchev–Trinajstić information content (AvgIpc) is 3.18. The number of nitrogens with one attached hydrogen (secondary N) is 2. The maximum Gasteiger partial charge on any atom is 0.233 e. The maximum atomic E-state index is 13.2. The number of nitrogens with zero attached hydrogens (tertiary/aromatic N) is 1. The van der Waals surface area contributed by atoms with Gasteiger partial charge in [0.25, 0.3) is 0 Å². The number of amides is 1. The number of hydrogen-bond acceptors (Lipinski definition) is 6. The highest BCUT2D eigenvalue weighted by Crippen LogP contribution is 2.36. The van der Waals surface area contributed by atoms with Gasteiger partial charge in [-0.3, -0.25) is 9.52 Å². The van der Waals surface area contributed by atoms with E-state index in [0.717, 1.165) is 38.2 Å². The molecular formula is C21H26ClN3O5S2. The highest BCUT2D eigenvalue weighted by atomic mass is 35.5. The van der Waals surface area contributed by atoms with Crippen molar-refractivity contribution in [2.75, 3.05) is 22.6 Å². The van der Waals surface area contributed by atoms with Gasteiger partial charge in [-0.1, -0.05) is 43.4 Å². The molecule has 1 aromatic heterocycles. The van der Waals surface area contributed by atoms with Gasteiger partial charge in [0.2, 0.25) is 15.9 Å². The summed E-state index contributed by atoms with van der Waals surface area (Å²) in [5.74, 6) is -0.131. The molecule has 3 rings (SSSR count). The van der Waals surface area contributed by atoms with Crippen LogP contribution in [0.15, 0.2) is 41.4 Å². The van der Waals surface area contributed by atoms with Crippen LogP contribution >= 0.6 is 11.6 Å². The number of sulfonamides is 1.